The number of hydrogen-bond acceptors (Lipinski definition) is 3. The fraction of sp³-hybridized carbons (Fsp3) is 0.350. The van der Waals surface area contributed by atoms with E-state index in [1.165, 1.54) is 16.4 Å². The number of nitrogens with zero attached hydrogens (tertiary/aromatic N) is 1. The number of sulfonamides is 1. The van der Waals surface area contributed by atoms with Crippen molar-refractivity contribution in [3.63, 3.8) is 0 Å². The van der Waals surface area contributed by atoms with Gasteiger partial charge in [0.2, 0.25) is 15.9 Å². The third-order valence-electron chi connectivity index (χ3n) is 5.15. The second kappa shape index (κ2) is 8.19. The molecule has 1 heterocycles. The zero-order valence-corrected chi connectivity index (χ0v) is 17.3. The summed E-state index contributed by atoms with van der Waals surface area (Å²) in [4.78, 5) is 12.7. The number of aryl methyl sites for hydroxylation is 2. The number of rotatable bonds is 4. The van der Waals surface area contributed by atoms with Gasteiger partial charge in [0.1, 0.15) is 0 Å². The molecule has 8 heteroatoms. The fourth-order valence-corrected chi connectivity index (χ4v) is 4.95. The lowest BCUT2D eigenvalue weighted by molar-refractivity contribution is -0.120. The number of piperidine rings is 1. The van der Waals surface area contributed by atoms with Crippen molar-refractivity contribution in [2.24, 2.45) is 5.92 Å². The largest absolute Gasteiger partial charge is 0.323 e. The summed E-state index contributed by atoms with van der Waals surface area (Å²) in [6, 6.07) is 9.48. The molecule has 2 aromatic carbocycles. The van der Waals surface area contributed by atoms with E-state index in [0.717, 1.165) is 11.1 Å². The van der Waals surface area contributed by atoms with Gasteiger partial charge in [0.25, 0.3) is 0 Å². The van der Waals surface area contributed by atoms with Gasteiger partial charge >= 0.3 is 0 Å². The number of benzene rings is 2. The van der Waals surface area contributed by atoms with Crippen LogP contribution in [-0.2, 0) is 14.8 Å². The Morgan fingerprint density at radius 3 is 2.46 bits per heavy atom. The predicted octanol–water partition coefficient (Wildman–Crippen LogP) is 4.14. The summed E-state index contributed by atoms with van der Waals surface area (Å²) in [5.41, 5.74) is 1.98. The molecular formula is C20H22ClFN2O3S. The first kappa shape index (κ1) is 20.8. The third-order valence-corrected chi connectivity index (χ3v) is 7.34. The maximum absolute atomic E-state index is 14.0. The molecule has 1 saturated heterocycles. The number of carbonyl (C=O) groups is 1. The summed E-state index contributed by atoms with van der Waals surface area (Å²) >= 11 is 5.73. The highest BCUT2D eigenvalue weighted by molar-refractivity contribution is 7.89. The lowest BCUT2D eigenvalue weighted by Crippen LogP contribution is -2.41. The molecule has 5 nitrogen and oxygen atoms in total. The van der Waals surface area contributed by atoms with Crippen LogP contribution in [0.1, 0.15) is 24.0 Å². The van der Waals surface area contributed by atoms with Gasteiger partial charge in [-0.2, -0.15) is 4.31 Å². The van der Waals surface area contributed by atoms with Crippen molar-refractivity contribution >= 4 is 33.2 Å². The van der Waals surface area contributed by atoms with Crippen LogP contribution in [0.2, 0.25) is 5.02 Å². The lowest BCUT2D eigenvalue weighted by atomic mass is 9.97. The van der Waals surface area contributed by atoms with Gasteiger partial charge in [0.15, 0.2) is 5.82 Å². The highest BCUT2D eigenvalue weighted by Crippen LogP contribution is 2.27. The van der Waals surface area contributed by atoms with Crippen LogP contribution in [0.4, 0.5) is 10.1 Å². The molecule has 0 radical (unpaired) electrons. The lowest BCUT2D eigenvalue weighted by Gasteiger charge is -2.30. The number of carbonyl (C=O) groups excluding carboxylic acids is 1. The molecule has 0 spiro atoms. The van der Waals surface area contributed by atoms with E-state index in [1.807, 2.05) is 13.8 Å². The van der Waals surface area contributed by atoms with Gasteiger partial charge in [-0.25, -0.2) is 12.8 Å². The Bertz CT molecular complexity index is 1000. The van der Waals surface area contributed by atoms with E-state index >= 15 is 0 Å². The molecule has 1 N–H and O–H groups in total. The molecule has 0 aromatic heterocycles. The van der Waals surface area contributed by atoms with Gasteiger partial charge in [-0.05, 0) is 62.1 Å². The second-order valence-corrected chi connectivity index (χ2v) is 9.36. The van der Waals surface area contributed by atoms with Crippen molar-refractivity contribution in [2.45, 2.75) is 31.6 Å². The van der Waals surface area contributed by atoms with Crippen LogP contribution in [-0.4, -0.2) is 31.7 Å². The maximum atomic E-state index is 14.0. The van der Waals surface area contributed by atoms with Crippen molar-refractivity contribution in [3.8, 4) is 0 Å². The minimum Gasteiger partial charge on any atom is -0.323 e. The zero-order chi connectivity index (χ0) is 20.5. The molecule has 0 aliphatic carbocycles. The van der Waals surface area contributed by atoms with E-state index in [1.54, 1.807) is 24.3 Å². The summed E-state index contributed by atoms with van der Waals surface area (Å²) in [7, 11) is -3.60. The van der Waals surface area contributed by atoms with Crippen molar-refractivity contribution in [1.82, 2.24) is 4.31 Å². The van der Waals surface area contributed by atoms with E-state index in [4.69, 9.17) is 11.6 Å². The highest BCUT2D eigenvalue weighted by atomic mass is 35.5. The monoisotopic (exact) mass is 424 g/mol. The van der Waals surface area contributed by atoms with Crippen molar-refractivity contribution in [2.75, 3.05) is 18.4 Å². The molecule has 3 rings (SSSR count). The summed E-state index contributed by atoms with van der Waals surface area (Å²) in [5, 5.41) is 2.49. The normalized spacial score (nSPS) is 16.1. The van der Waals surface area contributed by atoms with E-state index in [2.05, 4.69) is 5.32 Å². The van der Waals surface area contributed by atoms with Crippen LogP contribution in [0.25, 0.3) is 0 Å². The van der Waals surface area contributed by atoms with E-state index in [9.17, 15) is 17.6 Å². The van der Waals surface area contributed by atoms with Gasteiger partial charge in [-0.3, -0.25) is 4.79 Å². The minimum atomic E-state index is -3.60. The molecule has 1 aliphatic heterocycles. The SMILES string of the molecule is Cc1ccc(S(=O)(=O)N2CCC(C(=O)Nc3cccc(Cl)c3F)CC2)cc1C. The molecule has 1 fully saturated rings. The van der Waals surface area contributed by atoms with Gasteiger partial charge in [-0.1, -0.05) is 23.7 Å². The fourth-order valence-electron chi connectivity index (χ4n) is 3.22. The summed E-state index contributed by atoms with van der Waals surface area (Å²) < 4.78 is 41.1. The summed E-state index contributed by atoms with van der Waals surface area (Å²) in [6.45, 7) is 4.29. The van der Waals surface area contributed by atoms with Gasteiger partial charge in [-0.15, -0.1) is 0 Å². The average molecular weight is 425 g/mol. The first-order valence-corrected chi connectivity index (χ1v) is 10.8. The van der Waals surface area contributed by atoms with E-state index in [-0.39, 0.29) is 40.5 Å². The Balaban J connectivity index is 1.65. The Labute approximate surface area is 169 Å². The molecule has 0 atom stereocenters. The smallest absolute Gasteiger partial charge is 0.243 e. The number of halogens is 2. The molecule has 2 aromatic rings. The average Bonchev–Trinajstić information content (AvgIpc) is 2.67. The quantitative estimate of drug-likeness (QED) is 0.802. The van der Waals surface area contributed by atoms with Crippen LogP contribution in [0.15, 0.2) is 41.3 Å². The topological polar surface area (TPSA) is 66.5 Å². The van der Waals surface area contributed by atoms with Crippen LogP contribution in [0.5, 0.6) is 0 Å². The van der Waals surface area contributed by atoms with Crippen molar-refractivity contribution < 1.29 is 17.6 Å². The Morgan fingerprint density at radius 2 is 1.82 bits per heavy atom. The van der Waals surface area contributed by atoms with E-state index in [0.29, 0.717) is 12.8 Å². The number of hydrogen-bond donors (Lipinski definition) is 1. The first-order chi connectivity index (χ1) is 13.2. The molecular weight excluding hydrogens is 403 g/mol. The van der Waals surface area contributed by atoms with Gasteiger partial charge in [0.05, 0.1) is 15.6 Å². The second-order valence-electron chi connectivity index (χ2n) is 7.02. The number of nitrogens with one attached hydrogen (secondary N) is 1. The Hall–Kier alpha value is -1.96. The molecule has 0 saturated carbocycles. The maximum Gasteiger partial charge on any atom is 0.243 e. The summed E-state index contributed by atoms with van der Waals surface area (Å²) in [5.74, 6) is -1.39. The van der Waals surface area contributed by atoms with Crippen LogP contribution < -0.4 is 5.32 Å². The molecule has 150 valence electrons. The number of anilines is 1. The molecule has 0 unspecified atom stereocenters. The van der Waals surface area contributed by atoms with Gasteiger partial charge < -0.3 is 5.32 Å². The Morgan fingerprint density at radius 1 is 1.14 bits per heavy atom. The van der Waals surface area contributed by atoms with Crippen LogP contribution in [0.3, 0.4) is 0 Å². The minimum absolute atomic E-state index is 0.0303. The van der Waals surface area contributed by atoms with Crippen molar-refractivity contribution in [1.29, 1.82) is 0 Å². The molecule has 28 heavy (non-hydrogen) atoms. The van der Waals surface area contributed by atoms with Crippen LogP contribution in [0, 0.1) is 25.6 Å². The van der Waals surface area contributed by atoms with Crippen LogP contribution >= 0.6 is 11.6 Å². The molecule has 0 bridgehead atoms. The third kappa shape index (κ3) is 4.21. The highest BCUT2D eigenvalue weighted by Gasteiger charge is 2.32. The molecule has 1 amide bonds. The zero-order valence-electron chi connectivity index (χ0n) is 15.7. The Kier molecular flexibility index (Phi) is 6.07. The number of amides is 1. The predicted molar refractivity (Wildman–Crippen MR) is 107 cm³/mol. The molecule has 1 aliphatic rings. The van der Waals surface area contributed by atoms with E-state index < -0.39 is 15.8 Å². The van der Waals surface area contributed by atoms with Crippen molar-refractivity contribution in [3.05, 3.63) is 58.4 Å². The standard InChI is InChI=1S/C20H22ClFN2O3S/c1-13-6-7-16(12-14(13)2)28(26,27)24-10-8-15(9-11-24)20(25)23-18-5-3-4-17(21)19(18)22/h3-7,12,15H,8-11H2,1-2H3,(H,23,25). The summed E-state index contributed by atoms with van der Waals surface area (Å²) in [6.07, 6.45) is 0.746. The first-order valence-electron chi connectivity index (χ1n) is 9.02. The van der Waals surface area contributed by atoms with Gasteiger partial charge in [0, 0.05) is 19.0 Å².